The minimum Gasteiger partial charge on any atom is -0.396 e. The zero-order valence-corrected chi connectivity index (χ0v) is 20.3. The second-order valence-corrected chi connectivity index (χ2v) is 9.23. The fourth-order valence-electron chi connectivity index (χ4n) is 5.16. The number of fused-ring (bicyclic) bond motifs is 1. The number of rotatable bonds is 7. The Kier molecular flexibility index (Phi) is 7.35. The molecule has 7 heteroatoms. The molecule has 35 heavy (non-hydrogen) atoms. The van der Waals surface area contributed by atoms with Gasteiger partial charge in [-0.15, -0.1) is 0 Å². The SMILES string of the molecule is Cc1nc(N)nc2c1/C(=N/OCCCN1CCOCC1)CC(c1ccccc1-c1ccccc1)C2. The summed E-state index contributed by atoms with van der Waals surface area (Å²) in [6, 6.07) is 19.1. The van der Waals surface area contributed by atoms with Crippen molar-refractivity contribution in [1.82, 2.24) is 14.9 Å². The molecular formula is C28H33N5O2. The van der Waals surface area contributed by atoms with E-state index in [1.165, 1.54) is 16.7 Å². The number of nitrogens with zero attached hydrogens (tertiary/aromatic N) is 4. The van der Waals surface area contributed by atoms with Crippen LogP contribution in [0.4, 0.5) is 5.95 Å². The summed E-state index contributed by atoms with van der Waals surface area (Å²) in [6.45, 7) is 7.16. The van der Waals surface area contributed by atoms with Gasteiger partial charge in [-0.3, -0.25) is 4.90 Å². The van der Waals surface area contributed by atoms with E-state index in [-0.39, 0.29) is 5.92 Å². The number of hydrogen-bond donors (Lipinski definition) is 1. The summed E-state index contributed by atoms with van der Waals surface area (Å²) >= 11 is 0. The van der Waals surface area contributed by atoms with Gasteiger partial charge in [0.2, 0.25) is 5.95 Å². The molecule has 0 spiro atoms. The Morgan fingerprint density at radius 1 is 1.03 bits per heavy atom. The maximum atomic E-state index is 6.04. The molecule has 1 saturated heterocycles. The molecular weight excluding hydrogens is 438 g/mol. The molecule has 0 bridgehead atoms. The van der Waals surface area contributed by atoms with E-state index in [2.05, 4.69) is 68.6 Å². The maximum Gasteiger partial charge on any atom is 0.220 e. The predicted octanol–water partition coefficient (Wildman–Crippen LogP) is 4.21. The topological polar surface area (TPSA) is 85.9 Å². The number of ether oxygens (including phenoxy) is 1. The molecule has 0 amide bonds. The number of aryl methyl sites for hydroxylation is 1. The Bertz CT molecular complexity index is 1180. The van der Waals surface area contributed by atoms with E-state index in [0.717, 1.165) is 74.8 Å². The van der Waals surface area contributed by atoms with Crippen molar-refractivity contribution in [3.8, 4) is 11.1 Å². The molecule has 1 unspecified atom stereocenters. The predicted molar refractivity (Wildman–Crippen MR) is 138 cm³/mol. The maximum absolute atomic E-state index is 6.04. The Balaban J connectivity index is 1.38. The number of anilines is 1. The van der Waals surface area contributed by atoms with Crippen LogP contribution in [0.15, 0.2) is 59.8 Å². The minimum absolute atomic E-state index is 0.225. The highest BCUT2D eigenvalue weighted by atomic mass is 16.6. The molecule has 1 aliphatic carbocycles. The summed E-state index contributed by atoms with van der Waals surface area (Å²) in [5.41, 5.74) is 13.5. The second-order valence-electron chi connectivity index (χ2n) is 9.23. The Morgan fingerprint density at radius 3 is 2.63 bits per heavy atom. The molecule has 3 aromatic rings. The van der Waals surface area contributed by atoms with Gasteiger partial charge in [-0.25, -0.2) is 9.97 Å². The van der Waals surface area contributed by atoms with E-state index in [1.807, 2.05) is 13.0 Å². The second kappa shape index (κ2) is 11.0. The highest BCUT2D eigenvalue weighted by Crippen LogP contribution is 2.38. The van der Waals surface area contributed by atoms with E-state index in [4.69, 9.17) is 15.3 Å². The van der Waals surface area contributed by atoms with Crippen molar-refractivity contribution in [3.05, 3.63) is 77.1 Å². The summed E-state index contributed by atoms with van der Waals surface area (Å²) in [6.07, 6.45) is 2.50. The molecule has 0 radical (unpaired) electrons. The third-order valence-corrected chi connectivity index (χ3v) is 6.82. The van der Waals surface area contributed by atoms with Crippen molar-refractivity contribution in [2.45, 2.75) is 32.1 Å². The standard InChI is InChI=1S/C28H33N5O2/c1-20-27-25(31-28(29)30-20)18-22(24-11-6-5-10-23(24)21-8-3-2-4-9-21)19-26(27)32-35-15-7-12-33-13-16-34-17-14-33/h2-6,8-11,22H,7,12-19H2,1H3,(H2,29,30,31)/b32-26+. The van der Waals surface area contributed by atoms with E-state index in [1.54, 1.807) is 0 Å². The molecule has 0 saturated carbocycles. The summed E-state index contributed by atoms with van der Waals surface area (Å²) in [4.78, 5) is 17.3. The minimum atomic E-state index is 0.225. The van der Waals surface area contributed by atoms with Crippen molar-refractivity contribution in [2.24, 2.45) is 5.16 Å². The van der Waals surface area contributed by atoms with Gasteiger partial charge >= 0.3 is 0 Å². The molecule has 1 fully saturated rings. The van der Waals surface area contributed by atoms with Crippen LogP contribution in [0, 0.1) is 6.92 Å². The molecule has 1 aromatic heterocycles. The molecule has 1 aliphatic heterocycles. The molecule has 2 N–H and O–H groups in total. The lowest BCUT2D eigenvalue weighted by molar-refractivity contribution is 0.0322. The Hall–Kier alpha value is -3.29. The summed E-state index contributed by atoms with van der Waals surface area (Å²) < 4.78 is 5.43. The van der Waals surface area contributed by atoms with Crippen LogP contribution in [0.25, 0.3) is 11.1 Å². The lowest BCUT2D eigenvalue weighted by Crippen LogP contribution is -2.37. The molecule has 1 atom stereocenters. The average molecular weight is 472 g/mol. The number of nitrogen functional groups attached to an aromatic ring is 1. The summed E-state index contributed by atoms with van der Waals surface area (Å²) in [7, 11) is 0. The van der Waals surface area contributed by atoms with Crippen LogP contribution in [-0.2, 0) is 16.0 Å². The number of benzene rings is 2. The largest absolute Gasteiger partial charge is 0.396 e. The first-order chi connectivity index (χ1) is 17.2. The van der Waals surface area contributed by atoms with Gasteiger partial charge in [0.05, 0.1) is 30.3 Å². The zero-order valence-electron chi connectivity index (χ0n) is 20.3. The van der Waals surface area contributed by atoms with Gasteiger partial charge in [-0.2, -0.15) is 0 Å². The first-order valence-electron chi connectivity index (χ1n) is 12.5. The smallest absolute Gasteiger partial charge is 0.220 e. The molecule has 2 aromatic carbocycles. The third-order valence-electron chi connectivity index (χ3n) is 6.82. The van der Waals surface area contributed by atoms with Gasteiger partial charge < -0.3 is 15.3 Å². The van der Waals surface area contributed by atoms with E-state index >= 15 is 0 Å². The molecule has 2 aliphatic rings. The average Bonchev–Trinajstić information content (AvgIpc) is 2.89. The van der Waals surface area contributed by atoms with Crippen LogP contribution in [0.2, 0.25) is 0 Å². The highest BCUT2D eigenvalue weighted by Gasteiger charge is 2.30. The van der Waals surface area contributed by atoms with Crippen molar-refractivity contribution in [2.75, 3.05) is 45.2 Å². The quantitative estimate of drug-likeness (QED) is 0.410. The monoisotopic (exact) mass is 471 g/mol. The Labute approximate surface area is 207 Å². The highest BCUT2D eigenvalue weighted by molar-refractivity contribution is 6.03. The van der Waals surface area contributed by atoms with Crippen molar-refractivity contribution in [3.63, 3.8) is 0 Å². The third kappa shape index (κ3) is 5.52. The van der Waals surface area contributed by atoms with Crippen LogP contribution in [0.1, 0.15) is 41.3 Å². The fraction of sp³-hybridized carbons (Fsp3) is 0.393. The van der Waals surface area contributed by atoms with Crippen LogP contribution >= 0.6 is 0 Å². The van der Waals surface area contributed by atoms with Crippen LogP contribution in [0.3, 0.4) is 0 Å². The Morgan fingerprint density at radius 2 is 1.80 bits per heavy atom. The van der Waals surface area contributed by atoms with Crippen LogP contribution in [0.5, 0.6) is 0 Å². The van der Waals surface area contributed by atoms with E-state index in [0.29, 0.717) is 12.6 Å². The van der Waals surface area contributed by atoms with Crippen molar-refractivity contribution >= 4 is 11.7 Å². The normalized spacial score (nSPS) is 19.5. The molecule has 2 heterocycles. The van der Waals surface area contributed by atoms with E-state index < -0.39 is 0 Å². The lowest BCUT2D eigenvalue weighted by Gasteiger charge is -2.28. The van der Waals surface area contributed by atoms with Gasteiger partial charge in [0.15, 0.2) is 0 Å². The van der Waals surface area contributed by atoms with Gasteiger partial charge in [0, 0.05) is 31.6 Å². The van der Waals surface area contributed by atoms with Crippen molar-refractivity contribution in [1.29, 1.82) is 0 Å². The fourth-order valence-corrected chi connectivity index (χ4v) is 5.16. The number of hydrogen-bond acceptors (Lipinski definition) is 7. The first-order valence-corrected chi connectivity index (χ1v) is 12.5. The summed E-state index contributed by atoms with van der Waals surface area (Å²) in [5, 5.41) is 4.63. The van der Waals surface area contributed by atoms with E-state index in [9.17, 15) is 0 Å². The summed E-state index contributed by atoms with van der Waals surface area (Å²) in [5.74, 6) is 0.535. The zero-order chi connectivity index (χ0) is 24.0. The van der Waals surface area contributed by atoms with Crippen LogP contribution in [-0.4, -0.2) is 60.0 Å². The number of oxime groups is 1. The first kappa shape index (κ1) is 23.5. The van der Waals surface area contributed by atoms with Gasteiger partial charge in [0.1, 0.15) is 6.61 Å². The molecule has 5 rings (SSSR count). The van der Waals surface area contributed by atoms with Crippen LogP contribution < -0.4 is 5.73 Å². The number of nitrogens with two attached hydrogens (primary N) is 1. The van der Waals surface area contributed by atoms with Gasteiger partial charge in [-0.1, -0.05) is 59.8 Å². The molecule has 7 nitrogen and oxygen atoms in total. The van der Waals surface area contributed by atoms with Crippen molar-refractivity contribution < 1.29 is 9.57 Å². The number of aromatic nitrogens is 2. The number of morpholine rings is 1. The van der Waals surface area contributed by atoms with Gasteiger partial charge in [-0.05, 0) is 42.4 Å². The molecule has 182 valence electrons. The lowest BCUT2D eigenvalue weighted by atomic mass is 9.78. The van der Waals surface area contributed by atoms with Gasteiger partial charge in [0.25, 0.3) is 0 Å².